The number of nitrogens with one attached hydrogen (secondary N) is 2. The lowest BCUT2D eigenvalue weighted by molar-refractivity contribution is -0.149. The van der Waals surface area contributed by atoms with E-state index < -0.39 is 11.4 Å². The van der Waals surface area contributed by atoms with Crippen LogP contribution in [0.5, 0.6) is 0 Å². The van der Waals surface area contributed by atoms with E-state index in [1.807, 2.05) is 0 Å². The van der Waals surface area contributed by atoms with Crippen LogP contribution in [0.3, 0.4) is 0 Å². The minimum atomic E-state index is -0.768. The maximum atomic E-state index is 11.9. The van der Waals surface area contributed by atoms with Crippen LogP contribution in [0.15, 0.2) is 0 Å². The van der Waals surface area contributed by atoms with Gasteiger partial charge < -0.3 is 15.7 Å². The lowest BCUT2D eigenvalue weighted by Crippen LogP contribution is -2.46. The van der Waals surface area contributed by atoms with Crippen molar-refractivity contribution < 1.29 is 14.7 Å². The summed E-state index contributed by atoms with van der Waals surface area (Å²) in [7, 11) is 0. The Hall–Kier alpha value is -1.26. The maximum Gasteiger partial charge on any atom is 0.314 e. The van der Waals surface area contributed by atoms with Crippen LogP contribution in [0, 0.1) is 17.3 Å². The van der Waals surface area contributed by atoms with E-state index in [0.29, 0.717) is 25.3 Å². The zero-order valence-corrected chi connectivity index (χ0v) is 13.0. The third-order valence-electron chi connectivity index (χ3n) is 5.11. The molecule has 1 atom stereocenters. The molecular weight excluding hydrogens is 268 g/mol. The second-order valence-corrected chi connectivity index (χ2v) is 6.88. The Morgan fingerprint density at radius 1 is 1.14 bits per heavy atom. The molecule has 1 unspecified atom stereocenters. The molecule has 2 saturated carbocycles. The molecule has 3 N–H and O–H groups in total. The zero-order valence-electron chi connectivity index (χ0n) is 13.0. The fourth-order valence-electron chi connectivity index (χ4n) is 3.27. The molecule has 0 bridgehead atoms. The molecule has 0 aromatic carbocycles. The molecule has 0 saturated heterocycles. The van der Waals surface area contributed by atoms with Crippen LogP contribution in [0.2, 0.25) is 0 Å². The quantitative estimate of drug-likeness (QED) is 0.659. The summed E-state index contributed by atoms with van der Waals surface area (Å²) in [6.07, 6.45) is 7.95. The SMILES string of the molecule is CC(CNC(=O)NCC1(C(=O)O)CCCCCC1)C1CC1. The molecule has 2 rings (SSSR count). The first-order valence-corrected chi connectivity index (χ1v) is 8.29. The normalized spacial score (nSPS) is 22.9. The highest BCUT2D eigenvalue weighted by Crippen LogP contribution is 2.36. The first-order valence-electron chi connectivity index (χ1n) is 8.29. The molecular formula is C16H28N2O3. The Morgan fingerprint density at radius 2 is 1.76 bits per heavy atom. The molecule has 0 aromatic rings. The predicted molar refractivity (Wildman–Crippen MR) is 81.1 cm³/mol. The van der Waals surface area contributed by atoms with Crippen molar-refractivity contribution in [3.05, 3.63) is 0 Å². The van der Waals surface area contributed by atoms with Crippen molar-refractivity contribution in [1.82, 2.24) is 10.6 Å². The van der Waals surface area contributed by atoms with Gasteiger partial charge in [0.2, 0.25) is 0 Å². The van der Waals surface area contributed by atoms with Gasteiger partial charge in [-0.2, -0.15) is 0 Å². The largest absolute Gasteiger partial charge is 0.481 e. The van der Waals surface area contributed by atoms with Crippen molar-refractivity contribution in [1.29, 1.82) is 0 Å². The molecule has 0 aliphatic heterocycles. The first kappa shape index (κ1) is 16.1. The summed E-state index contributed by atoms with van der Waals surface area (Å²) in [6, 6.07) is -0.229. The first-order chi connectivity index (χ1) is 10.0. The summed E-state index contributed by atoms with van der Waals surface area (Å²) in [4.78, 5) is 23.5. The standard InChI is InChI=1S/C16H28N2O3/c1-12(13-6-7-13)10-17-15(21)18-11-16(14(19)20)8-4-2-3-5-9-16/h12-13H,2-11H2,1H3,(H,19,20)(H2,17,18,21). The molecule has 5 heteroatoms. The van der Waals surface area contributed by atoms with Gasteiger partial charge in [-0.3, -0.25) is 4.79 Å². The minimum Gasteiger partial charge on any atom is -0.481 e. The highest BCUT2D eigenvalue weighted by molar-refractivity contribution is 5.78. The van der Waals surface area contributed by atoms with Gasteiger partial charge >= 0.3 is 12.0 Å². The molecule has 0 spiro atoms. The molecule has 0 radical (unpaired) electrons. The fourth-order valence-corrected chi connectivity index (χ4v) is 3.27. The van der Waals surface area contributed by atoms with E-state index in [4.69, 9.17) is 0 Å². The number of aliphatic carboxylic acids is 1. The lowest BCUT2D eigenvalue weighted by atomic mass is 9.80. The van der Waals surface area contributed by atoms with Crippen molar-refractivity contribution in [3.63, 3.8) is 0 Å². The van der Waals surface area contributed by atoms with Gasteiger partial charge in [-0.05, 0) is 37.5 Å². The molecule has 0 heterocycles. The van der Waals surface area contributed by atoms with Crippen molar-refractivity contribution in [2.45, 2.75) is 58.3 Å². The van der Waals surface area contributed by atoms with Crippen LogP contribution in [0.1, 0.15) is 58.3 Å². The van der Waals surface area contributed by atoms with Gasteiger partial charge in [-0.25, -0.2) is 4.79 Å². The average molecular weight is 296 g/mol. The topological polar surface area (TPSA) is 78.4 Å². The van der Waals surface area contributed by atoms with Gasteiger partial charge in [-0.1, -0.05) is 32.6 Å². The highest BCUT2D eigenvalue weighted by Gasteiger charge is 2.39. The maximum absolute atomic E-state index is 11.9. The smallest absolute Gasteiger partial charge is 0.314 e. The Kier molecular flexibility index (Phi) is 5.48. The van der Waals surface area contributed by atoms with E-state index >= 15 is 0 Å². The number of carboxylic acids is 1. The molecule has 2 amide bonds. The number of hydrogen-bond donors (Lipinski definition) is 3. The van der Waals surface area contributed by atoms with E-state index in [9.17, 15) is 14.7 Å². The summed E-state index contributed by atoms with van der Waals surface area (Å²) in [5.74, 6) is 0.510. The zero-order chi connectivity index (χ0) is 15.3. The van der Waals surface area contributed by atoms with Gasteiger partial charge in [-0.15, -0.1) is 0 Å². The Labute approximate surface area is 126 Å². The fraction of sp³-hybridized carbons (Fsp3) is 0.875. The Balaban J connectivity index is 1.77. The number of amides is 2. The van der Waals surface area contributed by atoms with Crippen LogP contribution in [0.4, 0.5) is 4.79 Å². The van der Waals surface area contributed by atoms with Crippen molar-refractivity contribution >= 4 is 12.0 Å². The molecule has 2 aliphatic carbocycles. The number of carbonyl (C=O) groups is 2. The van der Waals surface area contributed by atoms with E-state index in [1.54, 1.807) is 0 Å². The van der Waals surface area contributed by atoms with Crippen molar-refractivity contribution in [2.75, 3.05) is 13.1 Å². The third kappa shape index (κ3) is 4.61. The predicted octanol–water partition coefficient (Wildman–Crippen LogP) is 2.76. The number of carboxylic acid groups (broad SMARTS) is 1. The second kappa shape index (κ2) is 7.14. The number of rotatable bonds is 6. The van der Waals surface area contributed by atoms with Crippen LogP contribution in [-0.2, 0) is 4.79 Å². The summed E-state index contributed by atoms with van der Waals surface area (Å²) >= 11 is 0. The van der Waals surface area contributed by atoms with Crippen LogP contribution in [-0.4, -0.2) is 30.2 Å². The van der Waals surface area contributed by atoms with Crippen LogP contribution in [0.25, 0.3) is 0 Å². The number of hydrogen-bond acceptors (Lipinski definition) is 2. The van der Waals surface area contributed by atoms with Gasteiger partial charge in [0, 0.05) is 13.1 Å². The molecule has 0 aromatic heterocycles. The van der Waals surface area contributed by atoms with E-state index in [-0.39, 0.29) is 12.6 Å². The summed E-state index contributed by atoms with van der Waals surface area (Å²) in [6.45, 7) is 3.07. The van der Waals surface area contributed by atoms with Crippen molar-refractivity contribution in [2.24, 2.45) is 17.3 Å². The molecule has 2 aliphatic rings. The van der Waals surface area contributed by atoms with Gasteiger partial charge in [0.25, 0.3) is 0 Å². The van der Waals surface area contributed by atoms with E-state index in [1.165, 1.54) is 12.8 Å². The number of carbonyl (C=O) groups excluding carboxylic acids is 1. The lowest BCUT2D eigenvalue weighted by Gasteiger charge is -2.28. The van der Waals surface area contributed by atoms with E-state index in [0.717, 1.165) is 31.6 Å². The van der Waals surface area contributed by atoms with Crippen LogP contribution >= 0.6 is 0 Å². The van der Waals surface area contributed by atoms with Gasteiger partial charge in [0.1, 0.15) is 0 Å². The summed E-state index contributed by atoms with van der Waals surface area (Å²) < 4.78 is 0. The van der Waals surface area contributed by atoms with Gasteiger partial charge in [0.15, 0.2) is 0 Å². The van der Waals surface area contributed by atoms with Gasteiger partial charge in [0.05, 0.1) is 5.41 Å². The summed E-state index contributed by atoms with van der Waals surface area (Å²) in [5.41, 5.74) is -0.768. The molecule has 21 heavy (non-hydrogen) atoms. The Bertz CT molecular complexity index is 372. The Morgan fingerprint density at radius 3 is 2.29 bits per heavy atom. The van der Waals surface area contributed by atoms with Crippen molar-refractivity contribution in [3.8, 4) is 0 Å². The van der Waals surface area contributed by atoms with Crippen LogP contribution < -0.4 is 10.6 Å². The van der Waals surface area contributed by atoms with E-state index in [2.05, 4.69) is 17.6 Å². The third-order valence-corrected chi connectivity index (χ3v) is 5.11. The number of urea groups is 1. The monoisotopic (exact) mass is 296 g/mol. The molecule has 5 nitrogen and oxygen atoms in total. The highest BCUT2D eigenvalue weighted by atomic mass is 16.4. The minimum absolute atomic E-state index is 0.229. The summed E-state index contributed by atoms with van der Waals surface area (Å²) in [5, 5.41) is 15.2. The molecule has 2 fully saturated rings. The average Bonchev–Trinajstić information content (AvgIpc) is 3.28. The molecule has 120 valence electrons. The second-order valence-electron chi connectivity index (χ2n) is 6.88.